The number of rotatable bonds is 4. The minimum absolute atomic E-state index is 0.0439. The number of carbonyl (C=O) groups excluding carboxylic acids is 1. The van der Waals surface area contributed by atoms with Crippen LogP contribution in [-0.4, -0.2) is 39.7 Å². The number of nitrogens with two attached hydrogens (primary N) is 1. The van der Waals surface area contributed by atoms with Crippen LogP contribution in [0, 0.1) is 6.92 Å². The number of carbonyl (C=O) groups is 1. The number of hydrogen-bond donors (Lipinski definition) is 1. The predicted octanol–water partition coefficient (Wildman–Crippen LogP) is 1.93. The predicted molar refractivity (Wildman–Crippen MR) is 89.9 cm³/mol. The van der Waals surface area contributed by atoms with Crippen LogP contribution in [0.2, 0.25) is 0 Å². The molecular weight excluding hydrogens is 288 g/mol. The standard InChI is InChI=1S/C18H24N4O/c1-14-11-20-22(12-14)16-8-5-9-21(13-16)18(23)17(19)10-15-6-3-2-4-7-15/h2-4,6-7,11-12,16-17H,5,8-10,13,19H2,1H3. The highest BCUT2D eigenvalue weighted by molar-refractivity contribution is 5.82. The fourth-order valence-electron chi connectivity index (χ4n) is 3.19. The molecule has 0 spiro atoms. The monoisotopic (exact) mass is 312 g/mol. The van der Waals surface area contributed by atoms with Crippen molar-refractivity contribution in [3.05, 3.63) is 53.9 Å². The number of likely N-dealkylation sites (tertiary alicyclic amines) is 1. The van der Waals surface area contributed by atoms with Gasteiger partial charge in [-0.3, -0.25) is 9.48 Å². The molecule has 1 amide bonds. The molecule has 0 bridgehead atoms. The third-order valence-electron chi connectivity index (χ3n) is 4.43. The second-order valence-electron chi connectivity index (χ2n) is 6.37. The van der Waals surface area contributed by atoms with E-state index in [0.717, 1.165) is 30.5 Å². The third kappa shape index (κ3) is 3.79. The van der Waals surface area contributed by atoms with Crippen molar-refractivity contribution in [3.8, 4) is 0 Å². The van der Waals surface area contributed by atoms with E-state index >= 15 is 0 Å². The Morgan fingerprint density at radius 2 is 2.17 bits per heavy atom. The van der Waals surface area contributed by atoms with Gasteiger partial charge >= 0.3 is 0 Å². The first kappa shape index (κ1) is 15.7. The van der Waals surface area contributed by atoms with Crippen molar-refractivity contribution in [1.82, 2.24) is 14.7 Å². The molecule has 0 saturated carbocycles. The van der Waals surface area contributed by atoms with Gasteiger partial charge in [-0.05, 0) is 37.3 Å². The molecular formula is C18H24N4O. The number of nitrogens with zero attached hydrogens (tertiary/aromatic N) is 3. The molecule has 1 aliphatic heterocycles. The van der Waals surface area contributed by atoms with Gasteiger partial charge < -0.3 is 10.6 Å². The van der Waals surface area contributed by atoms with E-state index in [0.29, 0.717) is 13.0 Å². The molecule has 1 aliphatic rings. The van der Waals surface area contributed by atoms with Gasteiger partial charge in [0.25, 0.3) is 0 Å². The molecule has 1 aromatic carbocycles. The van der Waals surface area contributed by atoms with Gasteiger partial charge in [0.1, 0.15) is 0 Å². The molecule has 122 valence electrons. The Bertz CT molecular complexity index is 652. The highest BCUT2D eigenvalue weighted by atomic mass is 16.2. The van der Waals surface area contributed by atoms with Crippen molar-refractivity contribution in [2.45, 2.75) is 38.3 Å². The van der Waals surface area contributed by atoms with Gasteiger partial charge in [-0.1, -0.05) is 30.3 Å². The summed E-state index contributed by atoms with van der Waals surface area (Å²) in [4.78, 5) is 14.6. The van der Waals surface area contributed by atoms with E-state index in [1.54, 1.807) is 0 Å². The van der Waals surface area contributed by atoms with Crippen LogP contribution in [0.1, 0.15) is 30.0 Å². The fraction of sp³-hybridized carbons (Fsp3) is 0.444. The summed E-state index contributed by atoms with van der Waals surface area (Å²) >= 11 is 0. The van der Waals surface area contributed by atoms with E-state index in [1.807, 2.05) is 59.2 Å². The molecule has 0 aliphatic carbocycles. The number of piperidine rings is 1. The van der Waals surface area contributed by atoms with Crippen molar-refractivity contribution in [1.29, 1.82) is 0 Å². The van der Waals surface area contributed by atoms with Crippen molar-refractivity contribution in [2.24, 2.45) is 5.73 Å². The molecule has 2 heterocycles. The van der Waals surface area contributed by atoms with Crippen LogP contribution in [0.5, 0.6) is 0 Å². The average molecular weight is 312 g/mol. The molecule has 5 heteroatoms. The van der Waals surface area contributed by atoms with E-state index in [4.69, 9.17) is 5.73 Å². The SMILES string of the molecule is Cc1cnn(C2CCCN(C(=O)C(N)Cc3ccccc3)C2)c1. The lowest BCUT2D eigenvalue weighted by molar-refractivity contribution is -0.134. The second kappa shape index (κ2) is 6.96. The quantitative estimate of drug-likeness (QED) is 0.938. The smallest absolute Gasteiger partial charge is 0.239 e. The summed E-state index contributed by atoms with van der Waals surface area (Å²) < 4.78 is 1.98. The summed E-state index contributed by atoms with van der Waals surface area (Å²) in [7, 11) is 0. The van der Waals surface area contributed by atoms with Crippen molar-refractivity contribution in [2.75, 3.05) is 13.1 Å². The Kier molecular flexibility index (Phi) is 4.76. The zero-order chi connectivity index (χ0) is 16.2. The summed E-state index contributed by atoms with van der Waals surface area (Å²) in [5.74, 6) is 0.0439. The van der Waals surface area contributed by atoms with Gasteiger partial charge in [-0.25, -0.2) is 0 Å². The van der Waals surface area contributed by atoms with E-state index in [2.05, 4.69) is 5.10 Å². The summed E-state index contributed by atoms with van der Waals surface area (Å²) in [6, 6.07) is 9.73. The largest absolute Gasteiger partial charge is 0.339 e. The number of aromatic nitrogens is 2. The van der Waals surface area contributed by atoms with Gasteiger partial charge in [-0.2, -0.15) is 5.10 Å². The Labute approximate surface area is 137 Å². The normalized spacial score (nSPS) is 19.6. The lowest BCUT2D eigenvalue weighted by atomic mass is 10.0. The van der Waals surface area contributed by atoms with Crippen molar-refractivity contribution < 1.29 is 4.79 Å². The minimum Gasteiger partial charge on any atom is -0.339 e. The molecule has 1 fully saturated rings. The zero-order valence-electron chi connectivity index (χ0n) is 13.6. The molecule has 2 unspecified atom stereocenters. The van der Waals surface area contributed by atoms with Crippen LogP contribution >= 0.6 is 0 Å². The zero-order valence-corrected chi connectivity index (χ0v) is 13.6. The molecule has 2 aromatic rings. The highest BCUT2D eigenvalue weighted by Gasteiger charge is 2.28. The lowest BCUT2D eigenvalue weighted by Crippen LogP contribution is -2.49. The summed E-state index contributed by atoms with van der Waals surface area (Å²) in [6.45, 7) is 3.52. The molecule has 3 rings (SSSR count). The summed E-state index contributed by atoms with van der Waals surface area (Å²) in [5, 5.41) is 4.39. The van der Waals surface area contributed by atoms with E-state index < -0.39 is 6.04 Å². The molecule has 5 nitrogen and oxygen atoms in total. The Morgan fingerprint density at radius 1 is 1.39 bits per heavy atom. The molecule has 2 N–H and O–H groups in total. The van der Waals surface area contributed by atoms with Gasteiger partial charge in [0.15, 0.2) is 0 Å². The Hall–Kier alpha value is -2.14. The molecule has 2 atom stereocenters. The van der Waals surface area contributed by atoms with E-state index in [9.17, 15) is 4.79 Å². The second-order valence-corrected chi connectivity index (χ2v) is 6.37. The number of benzene rings is 1. The van der Waals surface area contributed by atoms with Gasteiger partial charge in [-0.15, -0.1) is 0 Å². The maximum absolute atomic E-state index is 12.7. The first-order valence-electron chi connectivity index (χ1n) is 8.22. The summed E-state index contributed by atoms with van der Waals surface area (Å²) in [6.07, 6.45) is 6.54. The van der Waals surface area contributed by atoms with Crippen molar-refractivity contribution >= 4 is 5.91 Å². The maximum atomic E-state index is 12.7. The fourth-order valence-corrected chi connectivity index (χ4v) is 3.19. The van der Waals surface area contributed by atoms with Crippen LogP contribution in [0.15, 0.2) is 42.7 Å². The molecule has 1 aromatic heterocycles. The first-order chi connectivity index (χ1) is 11.1. The van der Waals surface area contributed by atoms with Crippen LogP contribution in [0.25, 0.3) is 0 Å². The molecule has 1 saturated heterocycles. The van der Waals surface area contributed by atoms with Crippen LogP contribution in [0.3, 0.4) is 0 Å². The van der Waals surface area contributed by atoms with Crippen LogP contribution < -0.4 is 5.73 Å². The third-order valence-corrected chi connectivity index (χ3v) is 4.43. The van der Waals surface area contributed by atoms with E-state index in [-0.39, 0.29) is 11.9 Å². The minimum atomic E-state index is -0.476. The topological polar surface area (TPSA) is 64.2 Å². The Balaban J connectivity index is 1.62. The van der Waals surface area contributed by atoms with Crippen LogP contribution in [0.4, 0.5) is 0 Å². The van der Waals surface area contributed by atoms with Crippen molar-refractivity contribution in [3.63, 3.8) is 0 Å². The Morgan fingerprint density at radius 3 is 2.87 bits per heavy atom. The maximum Gasteiger partial charge on any atom is 0.239 e. The average Bonchev–Trinajstić information content (AvgIpc) is 3.02. The van der Waals surface area contributed by atoms with Crippen LogP contribution in [-0.2, 0) is 11.2 Å². The summed E-state index contributed by atoms with van der Waals surface area (Å²) in [5.41, 5.74) is 8.40. The lowest BCUT2D eigenvalue weighted by Gasteiger charge is -2.34. The number of aryl methyl sites for hydroxylation is 1. The molecule has 0 radical (unpaired) electrons. The number of hydrogen-bond acceptors (Lipinski definition) is 3. The van der Waals surface area contributed by atoms with Gasteiger partial charge in [0.2, 0.25) is 5.91 Å². The van der Waals surface area contributed by atoms with E-state index in [1.165, 1.54) is 0 Å². The highest BCUT2D eigenvalue weighted by Crippen LogP contribution is 2.22. The van der Waals surface area contributed by atoms with Gasteiger partial charge in [0.05, 0.1) is 18.3 Å². The first-order valence-corrected chi connectivity index (χ1v) is 8.22. The van der Waals surface area contributed by atoms with Gasteiger partial charge in [0, 0.05) is 19.3 Å². The molecule has 23 heavy (non-hydrogen) atoms. The number of amides is 1.